The first-order chi connectivity index (χ1) is 10.1. The molecule has 5 heteroatoms. The highest BCUT2D eigenvalue weighted by Gasteiger charge is 2.20. The quantitative estimate of drug-likeness (QED) is 0.828. The van der Waals surface area contributed by atoms with Crippen LogP contribution in [0.5, 0.6) is 0 Å². The van der Waals surface area contributed by atoms with Gasteiger partial charge in [-0.2, -0.15) is 0 Å². The van der Waals surface area contributed by atoms with Crippen molar-refractivity contribution in [3.05, 3.63) is 58.6 Å². The average Bonchev–Trinajstić information content (AvgIpc) is 3.27. The van der Waals surface area contributed by atoms with Crippen LogP contribution in [0.4, 0.5) is 8.78 Å². The molecule has 21 heavy (non-hydrogen) atoms. The van der Waals surface area contributed by atoms with Gasteiger partial charge in [0.15, 0.2) is 0 Å². The van der Waals surface area contributed by atoms with Gasteiger partial charge in [0.05, 0.1) is 4.90 Å². The Kier molecular flexibility index (Phi) is 4.48. The Balaban J connectivity index is 1.76. The fraction of sp³-hybridized carbons (Fsp3) is 0.250. The van der Waals surface area contributed by atoms with Gasteiger partial charge in [-0.25, -0.2) is 8.78 Å². The molecule has 0 unspecified atom stereocenters. The molecule has 2 aromatic rings. The highest BCUT2D eigenvalue weighted by atomic mass is 35.5. The molecule has 0 amide bonds. The largest absolute Gasteiger partial charge is 0.310 e. The van der Waals surface area contributed by atoms with Crippen LogP contribution >= 0.6 is 23.4 Å². The van der Waals surface area contributed by atoms with Gasteiger partial charge in [0.1, 0.15) is 11.6 Å². The molecule has 1 N–H and O–H groups in total. The van der Waals surface area contributed by atoms with E-state index in [4.69, 9.17) is 11.6 Å². The molecule has 0 radical (unpaired) electrons. The molecule has 0 atom stereocenters. The van der Waals surface area contributed by atoms with Crippen molar-refractivity contribution in [2.75, 3.05) is 0 Å². The zero-order chi connectivity index (χ0) is 14.8. The predicted octanol–water partition coefficient (Wildman–Crippen LogP) is 5.02. The molecular formula is C16H14ClF2NS. The zero-order valence-electron chi connectivity index (χ0n) is 11.2. The second-order valence-electron chi connectivity index (χ2n) is 5.10. The molecule has 110 valence electrons. The van der Waals surface area contributed by atoms with Gasteiger partial charge in [0, 0.05) is 22.5 Å². The van der Waals surface area contributed by atoms with E-state index in [0.29, 0.717) is 23.2 Å². The van der Waals surface area contributed by atoms with Crippen molar-refractivity contribution >= 4 is 23.4 Å². The Morgan fingerprint density at radius 1 is 1.10 bits per heavy atom. The second kappa shape index (κ2) is 6.34. The van der Waals surface area contributed by atoms with Crippen molar-refractivity contribution in [2.24, 2.45) is 0 Å². The van der Waals surface area contributed by atoms with Gasteiger partial charge in [0.2, 0.25) is 0 Å². The van der Waals surface area contributed by atoms with Gasteiger partial charge < -0.3 is 5.32 Å². The molecule has 0 aliphatic heterocycles. The van der Waals surface area contributed by atoms with E-state index in [1.807, 2.05) is 0 Å². The Bertz CT molecular complexity index is 618. The van der Waals surface area contributed by atoms with Crippen LogP contribution in [0.1, 0.15) is 18.4 Å². The van der Waals surface area contributed by atoms with Crippen LogP contribution in [-0.2, 0) is 6.54 Å². The van der Waals surface area contributed by atoms with Gasteiger partial charge in [-0.3, -0.25) is 0 Å². The summed E-state index contributed by atoms with van der Waals surface area (Å²) in [6.45, 7) is 0.504. The van der Waals surface area contributed by atoms with E-state index in [2.05, 4.69) is 5.32 Å². The number of benzene rings is 2. The zero-order valence-corrected chi connectivity index (χ0v) is 12.8. The van der Waals surface area contributed by atoms with Crippen molar-refractivity contribution in [1.82, 2.24) is 5.32 Å². The van der Waals surface area contributed by atoms with Gasteiger partial charge in [0.25, 0.3) is 0 Å². The molecular weight excluding hydrogens is 312 g/mol. The Hall–Kier alpha value is -1.10. The minimum atomic E-state index is -0.525. The van der Waals surface area contributed by atoms with Gasteiger partial charge in [-0.05, 0) is 54.8 Å². The molecule has 0 aromatic heterocycles. The maximum absolute atomic E-state index is 14.1. The van der Waals surface area contributed by atoms with Crippen molar-refractivity contribution in [1.29, 1.82) is 0 Å². The number of hydrogen-bond donors (Lipinski definition) is 1. The molecule has 0 saturated heterocycles. The third kappa shape index (κ3) is 3.96. The summed E-state index contributed by atoms with van der Waals surface area (Å²) in [5.74, 6) is -1.05. The SMILES string of the molecule is Fc1cc(CNC2CC2)cc(F)c1Sc1ccc(Cl)cc1. The summed E-state index contributed by atoms with van der Waals surface area (Å²) in [6.07, 6.45) is 2.30. The van der Waals surface area contributed by atoms with Crippen LogP contribution in [-0.4, -0.2) is 6.04 Å². The standard InChI is InChI=1S/C16H14ClF2NS/c17-11-1-5-13(6-2-11)21-16-14(18)7-10(8-15(16)19)9-20-12-3-4-12/h1-2,5-8,12,20H,3-4,9H2. The monoisotopic (exact) mass is 325 g/mol. The Morgan fingerprint density at radius 2 is 1.71 bits per heavy atom. The first-order valence-electron chi connectivity index (χ1n) is 6.76. The fourth-order valence-corrected chi connectivity index (χ4v) is 2.93. The number of nitrogens with one attached hydrogen (secondary N) is 1. The van der Waals surface area contributed by atoms with Crippen molar-refractivity contribution < 1.29 is 8.78 Å². The summed E-state index contributed by atoms with van der Waals surface area (Å²) in [7, 11) is 0. The lowest BCUT2D eigenvalue weighted by atomic mass is 10.2. The van der Waals surface area contributed by atoms with E-state index >= 15 is 0 Å². The maximum atomic E-state index is 14.1. The molecule has 0 heterocycles. The molecule has 1 aliphatic carbocycles. The first kappa shape index (κ1) is 14.8. The molecule has 1 fully saturated rings. The van der Waals surface area contributed by atoms with Crippen molar-refractivity contribution in [2.45, 2.75) is 35.2 Å². The predicted molar refractivity (Wildman–Crippen MR) is 81.8 cm³/mol. The molecule has 2 aromatic carbocycles. The highest BCUT2D eigenvalue weighted by Crippen LogP contribution is 2.33. The van der Waals surface area contributed by atoms with Crippen LogP contribution in [0.15, 0.2) is 46.2 Å². The van der Waals surface area contributed by atoms with Crippen LogP contribution in [0.2, 0.25) is 5.02 Å². The fourth-order valence-electron chi connectivity index (χ4n) is 1.98. The average molecular weight is 326 g/mol. The van der Waals surface area contributed by atoms with Gasteiger partial charge in [-0.15, -0.1) is 0 Å². The molecule has 1 nitrogen and oxygen atoms in total. The van der Waals surface area contributed by atoms with E-state index in [1.165, 1.54) is 12.1 Å². The summed E-state index contributed by atoms with van der Waals surface area (Å²) in [4.78, 5) is 0.772. The van der Waals surface area contributed by atoms with E-state index in [1.54, 1.807) is 24.3 Å². The van der Waals surface area contributed by atoms with E-state index in [9.17, 15) is 8.78 Å². The van der Waals surface area contributed by atoms with E-state index in [-0.39, 0.29) is 4.90 Å². The molecule has 1 saturated carbocycles. The minimum absolute atomic E-state index is 0.0208. The summed E-state index contributed by atoms with van der Waals surface area (Å²) in [6, 6.07) is 10.2. The molecule has 0 spiro atoms. The lowest BCUT2D eigenvalue weighted by molar-refractivity contribution is 0.534. The molecule has 3 rings (SSSR count). The Labute approximate surface area is 131 Å². The van der Waals surface area contributed by atoms with Crippen molar-refractivity contribution in [3.8, 4) is 0 Å². The summed E-state index contributed by atoms with van der Waals surface area (Å²) < 4.78 is 28.2. The van der Waals surface area contributed by atoms with Gasteiger partial charge >= 0.3 is 0 Å². The van der Waals surface area contributed by atoms with Crippen LogP contribution < -0.4 is 5.32 Å². The van der Waals surface area contributed by atoms with Crippen LogP contribution in [0.3, 0.4) is 0 Å². The highest BCUT2D eigenvalue weighted by molar-refractivity contribution is 7.99. The van der Waals surface area contributed by atoms with Gasteiger partial charge in [-0.1, -0.05) is 23.4 Å². The minimum Gasteiger partial charge on any atom is -0.310 e. The lowest BCUT2D eigenvalue weighted by Crippen LogP contribution is -2.15. The summed E-state index contributed by atoms with van der Waals surface area (Å²) in [5.41, 5.74) is 0.636. The Morgan fingerprint density at radius 3 is 2.29 bits per heavy atom. The normalized spacial score (nSPS) is 14.4. The third-order valence-electron chi connectivity index (χ3n) is 3.26. The van der Waals surface area contributed by atoms with Crippen LogP contribution in [0, 0.1) is 11.6 Å². The topological polar surface area (TPSA) is 12.0 Å². The summed E-state index contributed by atoms with van der Waals surface area (Å²) >= 11 is 6.86. The lowest BCUT2D eigenvalue weighted by Gasteiger charge is -2.09. The number of hydrogen-bond acceptors (Lipinski definition) is 2. The third-order valence-corrected chi connectivity index (χ3v) is 4.62. The first-order valence-corrected chi connectivity index (χ1v) is 7.96. The smallest absolute Gasteiger partial charge is 0.140 e. The van der Waals surface area contributed by atoms with E-state index < -0.39 is 11.6 Å². The summed E-state index contributed by atoms with van der Waals surface area (Å²) in [5, 5.41) is 3.85. The van der Waals surface area contributed by atoms with Crippen LogP contribution in [0.25, 0.3) is 0 Å². The maximum Gasteiger partial charge on any atom is 0.140 e. The second-order valence-corrected chi connectivity index (χ2v) is 6.62. The van der Waals surface area contributed by atoms with E-state index in [0.717, 1.165) is 29.5 Å². The number of halogens is 3. The molecule has 0 bridgehead atoms. The number of rotatable bonds is 5. The molecule has 1 aliphatic rings. The van der Waals surface area contributed by atoms with Crippen molar-refractivity contribution in [3.63, 3.8) is 0 Å².